The van der Waals surface area contributed by atoms with Gasteiger partial charge >= 0.3 is 0 Å². The smallest absolute Gasteiger partial charge is 0.283 e. The first-order chi connectivity index (χ1) is 9.11. The molecular weight excluding hydrogens is 269 g/mol. The van der Waals surface area contributed by atoms with Crippen LogP contribution in [0.2, 0.25) is 0 Å². The van der Waals surface area contributed by atoms with Gasteiger partial charge in [-0.3, -0.25) is 10.1 Å². The molecule has 0 aliphatic carbocycles. The Morgan fingerprint density at radius 3 is 2.58 bits per heavy atom. The summed E-state index contributed by atoms with van der Waals surface area (Å²) in [4.78, 5) is 11.1. The zero-order valence-electron chi connectivity index (χ0n) is 9.75. The van der Waals surface area contributed by atoms with Crippen LogP contribution in [-0.2, 0) is 6.61 Å². The molecule has 0 atom stereocenters. The summed E-state index contributed by atoms with van der Waals surface area (Å²) in [6, 6.07) is 10.5. The van der Waals surface area contributed by atoms with Crippen molar-refractivity contribution < 1.29 is 14.4 Å². The quantitative estimate of drug-likeness (QED) is 0.688. The van der Waals surface area contributed by atoms with E-state index in [1.165, 1.54) is 18.2 Å². The van der Waals surface area contributed by atoms with E-state index in [0.717, 1.165) is 11.8 Å². The van der Waals surface area contributed by atoms with Gasteiger partial charge in [-0.1, -0.05) is 30.0 Å². The van der Waals surface area contributed by atoms with Gasteiger partial charge < -0.3 is 5.11 Å². The van der Waals surface area contributed by atoms with Crippen molar-refractivity contribution >= 4 is 17.4 Å². The fourth-order valence-electron chi connectivity index (χ4n) is 1.54. The van der Waals surface area contributed by atoms with Crippen LogP contribution in [-0.4, -0.2) is 10.0 Å². The van der Waals surface area contributed by atoms with E-state index < -0.39 is 10.7 Å². The van der Waals surface area contributed by atoms with Crippen LogP contribution in [0.1, 0.15) is 5.56 Å². The summed E-state index contributed by atoms with van der Waals surface area (Å²) in [5, 5.41) is 20.0. The number of rotatable bonds is 4. The fraction of sp³-hybridized carbons (Fsp3) is 0.0769. The largest absolute Gasteiger partial charge is 0.392 e. The molecule has 0 bridgehead atoms. The van der Waals surface area contributed by atoms with Crippen LogP contribution in [0.3, 0.4) is 0 Å². The highest BCUT2D eigenvalue weighted by molar-refractivity contribution is 7.99. The molecule has 2 aromatic carbocycles. The highest BCUT2D eigenvalue weighted by Crippen LogP contribution is 2.36. The minimum Gasteiger partial charge on any atom is -0.392 e. The van der Waals surface area contributed by atoms with Crippen LogP contribution in [0.5, 0.6) is 0 Å². The summed E-state index contributed by atoms with van der Waals surface area (Å²) >= 11 is 0.990. The van der Waals surface area contributed by atoms with Crippen molar-refractivity contribution in [3.05, 3.63) is 64.0 Å². The molecule has 0 fully saturated rings. The maximum absolute atomic E-state index is 13.5. The summed E-state index contributed by atoms with van der Waals surface area (Å²) < 4.78 is 13.5. The third-order valence-electron chi connectivity index (χ3n) is 2.46. The number of benzene rings is 2. The molecule has 1 N–H and O–H groups in total. The molecule has 19 heavy (non-hydrogen) atoms. The van der Waals surface area contributed by atoms with Crippen LogP contribution in [0.25, 0.3) is 0 Å². The number of nitro benzene ring substituents is 1. The molecule has 4 nitrogen and oxygen atoms in total. The normalized spacial score (nSPS) is 10.4. The summed E-state index contributed by atoms with van der Waals surface area (Å²) in [6.45, 7) is -0.272. The standard InChI is InChI=1S/C13H10FNO3S/c14-10-3-1-2-4-12(10)19-13-6-5-9(8-16)7-11(13)15(17)18/h1-7,16H,8H2. The van der Waals surface area contributed by atoms with Crippen LogP contribution < -0.4 is 0 Å². The Labute approximate surface area is 113 Å². The number of aliphatic hydroxyl groups excluding tert-OH is 1. The van der Waals surface area contributed by atoms with Gasteiger partial charge in [0.2, 0.25) is 0 Å². The van der Waals surface area contributed by atoms with Gasteiger partial charge in [-0.15, -0.1) is 0 Å². The lowest BCUT2D eigenvalue weighted by atomic mass is 10.2. The molecule has 0 radical (unpaired) electrons. The van der Waals surface area contributed by atoms with Crippen molar-refractivity contribution in [2.24, 2.45) is 0 Å². The van der Waals surface area contributed by atoms with Crippen LogP contribution >= 0.6 is 11.8 Å². The lowest BCUT2D eigenvalue weighted by molar-refractivity contribution is -0.387. The maximum atomic E-state index is 13.5. The van der Waals surface area contributed by atoms with Crippen LogP contribution in [0.15, 0.2) is 52.3 Å². The second kappa shape index (κ2) is 5.81. The summed E-state index contributed by atoms with van der Waals surface area (Å²) in [7, 11) is 0. The lowest BCUT2D eigenvalue weighted by Crippen LogP contribution is -1.94. The first-order valence-corrected chi connectivity index (χ1v) is 6.24. The van der Waals surface area contributed by atoms with Crippen molar-refractivity contribution in [2.45, 2.75) is 16.4 Å². The van der Waals surface area contributed by atoms with Gasteiger partial charge in [0.15, 0.2) is 0 Å². The van der Waals surface area contributed by atoms with Crippen molar-refractivity contribution in [3.8, 4) is 0 Å². The molecule has 0 aliphatic heterocycles. The molecule has 2 rings (SSSR count). The zero-order valence-corrected chi connectivity index (χ0v) is 10.6. The first-order valence-electron chi connectivity index (χ1n) is 5.42. The Bertz CT molecular complexity index is 619. The molecule has 2 aromatic rings. The van der Waals surface area contributed by atoms with Crippen LogP contribution in [0, 0.1) is 15.9 Å². The molecular formula is C13H10FNO3S. The van der Waals surface area contributed by atoms with Crippen molar-refractivity contribution in [2.75, 3.05) is 0 Å². The van der Waals surface area contributed by atoms with Gasteiger partial charge in [-0.2, -0.15) is 0 Å². The van der Waals surface area contributed by atoms with Gasteiger partial charge in [0.05, 0.1) is 16.4 Å². The number of nitro groups is 1. The molecule has 0 unspecified atom stereocenters. The summed E-state index contributed by atoms with van der Waals surface area (Å²) in [5.41, 5.74) is 0.310. The average Bonchev–Trinajstić information content (AvgIpc) is 2.41. The fourth-order valence-corrected chi connectivity index (χ4v) is 2.46. The van der Waals surface area contributed by atoms with Crippen molar-refractivity contribution in [1.29, 1.82) is 0 Å². The Hall–Kier alpha value is -1.92. The van der Waals surface area contributed by atoms with E-state index in [0.29, 0.717) is 15.4 Å². The van der Waals surface area contributed by atoms with Crippen molar-refractivity contribution in [3.63, 3.8) is 0 Å². The predicted octanol–water partition coefficient (Wildman–Crippen LogP) is 3.38. The molecule has 0 amide bonds. The lowest BCUT2D eigenvalue weighted by Gasteiger charge is -2.05. The Morgan fingerprint density at radius 2 is 1.95 bits per heavy atom. The Balaban J connectivity index is 2.40. The van der Waals surface area contributed by atoms with E-state index in [9.17, 15) is 14.5 Å². The number of hydrogen-bond acceptors (Lipinski definition) is 4. The molecule has 98 valence electrons. The maximum Gasteiger partial charge on any atom is 0.283 e. The molecule has 0 aliphatic rings. The highest BCUT2D eigenvalue weighted by atomic mass is 32.2. The zero-order chi connectivity index (χ0) is 13.8. The minimum absolute atomic E-state index is 0.139. The minimum atomic E-state index is -0.539. The summed E-state index contributed by atoms with van der Waals surface area (Å²) in [5.74, 6) is -0.423. The van der Waals surface area contributed by atoms with E-state index >= 15 is 0 Å². The predicted molar refractivity (Wildman–Crippen MR) is 69.5 cm³/mol. The van der Waals surface area contributed by atoms with Gasteiger partial charge in [-0.05, 0) is 23.8 Å². The second-order valence-corrected chi connectivity index (χ2v) is 4.83. The third-order valence-corrected chi connectivity index (χ3v) is 3.58. The number of nitrogens with zero attached hydrogens (tertiary/aromatic N) is 1. The van der Waals surface area contributed by atoms with E-state index in [1.54, 1.807) is 24.3 Å². The molecule has 0 saturated carbocycles. The van der Waals surface area contributed by atoms with E-state index in [2.05, 4.69) is 0 Å². The number of aliphatic hydroxyl groups is 1. The average molecular weight is 279 g/mol. The number of hydrogen-bond donors (Lipinski definition) is 1. The molecule has 0 saturated heterocycles. The number of halogens is 1. The molecule has 6 heteroatoms. The van der Waals surface area contributed by atoms with Gasteiger partial charge in [0, 0.05) is 11.0 Å². The van der Waals surface area contributed by atoms with Gasteiger partial charge in [-0.25, -0.2) is 4.39 Å². The van der Waals surface area contributed by atoms with E-state index in [1.807, 2.05) is 0 Å². The second-order valence-electron chi connectivity index (χ2n) is 3.75. The molecule has 0 spiro atoms. The monoisotopic (exact) mass is 279 g/mol. The highest BCUT2D eigenvalue weighted by Gasteiger charge is 2.16. The van der Waals surface area contributed by atoms with Crippen LogP contribution in [0.4, 0.5) is 10.1 Å². The SMILES string of the molecule is O=[N+]([O-])c1cc(CO)ccc1Sc1ccccc1F. The molecule has 0 heterocycles. The van der Waals surface area contributed by atoms with Gasteiger partial charge in [0.25, 0.3) is 5.69 Å². The van der Waals surface area contributed by atoms with Crippen molar-refractivity contribution in [1.82, 2.24) is 0 Å². The third kappa shape index (κ3) is 3.10. The van der Waals surface area contributed by atoms with E-state index in [4.69, 9.17) is 5.11 Å². The first kappa shape index (κ1) is 13.5. The van der Waals surface area contributed by atoms with Gasteiger partial charge in [0.1, 0.15) is 5.82 Å². The summed E-state index contributed by atoms with van der Waals surface area (Å²) in [6.07, 6.45) is 0. The van der Waals surface area contributed by atoms with E-state index in [-0.39, 0.29) is 12.3 Å². The topological polar surface area (TPSA) is 63.4 Å². The Morgan fingerprint density at radius 1 is 1.21 bits per heavy atom. The molecule has 0 aromatic heterocycles. The Kier molecular flexibility index (Phi) is 4.13.